The predicted octanol–water partition coefficient (Wildman–Crippen LogP) is 3.64. The molecule has 4 heterocycles. The first-order valence-corrected chi connectivity index (χ1v) is 13.1. The molecule has 6 radical (unpaired) electrons. The number of ether oxygens (including phenoxy) is 1. The fraction of sp³-hybridized carbons (Fsp3) is 0.321. The van der Waals surface area contributed by atoms with Crippen molar-refractivity contribution in [1.29, 1.82) is 0 Å². The van der Waals surface area contributed by atoms with Crippen molar-refractivity contribution in [3.8, 4) is 16.9 Å². The Labute approximate surface area is 233 Å². The minimum Gasteiger partial charge on any atom is -0.434 e. The lowest BCUT2D eigenvalue weighted by Crippen LogP contribution is -2.54. The fourth-order valence-corrected chi connectivity index (χ4v) is 6.41. The smallest absolute Gasteiger partial charge is 0.387 e. The Hall–Kier alpha value is -3.66. The van der Waals surface area contributed by atoms with E-state index >= 15 is 0 Å². The Kier molecular flexibility index (Phi) is 5.49. The molecule has 0 spiro atoms. The molecule has 2 aromatic carbocycles. The van der Waals surface area contributed by atoms with Gasteiger partial charge in [0.2, 0.25) is 0 Å². The summed E-state index contributed by atoms with van der Waals surface area (Å²) >= 11 is 0. The normalized spacial score (nSPS) is 21.2. The van der Waals surface area contributed by atoms with E-state index in [1.807, 2.05) is 41.1 Å². The molecule has 1 aliphatic carbocycles. The molecule has 7 nitrogen and oxygen atoms in total. The van der Waals surface area contributed by atoms with Gasteiger partial charge in [-0.2, -0.15) is 8.78 Å². The van der Waals surface area contributed by atoms with Crippen LogP contribution in [-0.2, 0) is 5.54 Å². The number of rotatable bonds is 5. The molecule has 1 fully saturated rings. The van der Waals surface area contributed by atoms with Crippen molar-refractivity contribution in [2.45, 2.75) is 55.2 Å². The summed E-state index contributed by atoms with van der Waals surface area (Å²) in [4.78, 5) is 24.3. The number of carbonyl (C=O) groups is 1. The highest BCUT2D eigenvalue weighted by atomic mass is 19.3. The number of benzene rings is 2. The molecule has 2 N–H and O–H groups in total. The van der Waals surface area contributed by atoms with Crippen LogP contribution in [0, 0.1) is 0 Å². The average molecular weight is 531 g/mol. The molecular formula is C28H22B3F2N5O2. The van der Waals surface area contributed by atoms with Gasteiger partial charge in [-0.1, -0.05) is 23.4 Å². The first-order valence-electron chi connectivity index (χ1n) is 13.1. The van der Waals surface area contributed by atoms with Crippen molar-refractivity contribution in [1.82, 2.24) is 19.4 Å². The van der Waals surface area contributed by atoms with Crippen LogP contribution in [0.1, 0.15) is 65.2 Å². The number of alkyl halides is 2. The number of nitrogens with zero attached hydrogens (tertiary/aromatic N) is 4. The third-order valence-electron chi connectivity index (χ3n) is 8.42. The van der Waals surface area contributed by atoms with Gasteiger partial charge in [0, 0.05) is 29.3 Å². The minimum atomic E-state index is -3.08. The van der Waals surface area contributed by atoms with Gasteiger partial charge in [-0.3, -0.25) is 9.78 Å². The lowest BCUT2D eigenvalue weighted by molar-refractivity contribution is -0.0507. The molecule has 4 aromatic rings. The van der Waals surface area contributed by atoms with E-state index in [2.05, 4.69) is 4.98 Å². The Morgan fingerprint density at radius 3 is 2.50 bits per heavy atom. The molecule has 7 rings (SSSR count). The number of pyridine rings is 1. The van der Waals surface area contributed by atoms with E-state index in [9.17, 15) is 13.6 Å². The highest BCUT2D eigenvalue weighted by molar-refractivity contribution is 6.60. The Bertz CT molecular complexity index is 1670. The topological polar surface area (TPSA) is 86.3 Å². The summed E-state index contributed by atoms with van der Waals surface area (Å²) in [6.45, 7) is -3.08. The minimum absolute atomic E-state index is 0.0968. The standard InChI is InChI=1S/C28H22B3F2N5O2/c29-28(30,31)38-20-12-19(23-16(25(38)39)3-1-4-21(23)40-26(32)33)37-18-11-14(5-7-17(18)36-24(20)37)15-6-8-22(35-13-15)27(34)9-2-10-27/h1,3-8,11,13,19-20,26H,2,9-10,12,34H2/t19-,20-/m1/s1. The molecule has 2 aliphatic heterocycles. The summed E-state index contributed by atoms with van der Waals surface area (Å²) in [6, 6.07) is 12.9. The number of aromatic nitrogens is 3. The number of nitrogens with two attached hydrogens (primary N) is 1. The van der Waals surface area contributed by atoms with E-state index < -0.39 is 29.8 Å². The largest absolute Gasteiger partial charge is 0.434 e. The van der Waals surface area contributed by atoms with E-state index in [-0.39, 0.29) is 23.3 Å². The summed E-state index contributed by atoms with van der Waals surface area (Å²) < 4.78 is 33.7. The summed E-state index contributed by atoms with van der Waals surface area (Å²) in [5, 5.41) is -2.03. The number of carbonyl (C=O) groups excluding carboxylic acids is 1. The number of halogens is 2. The average Bonchev–Trinajstić information content (AvgIpc) is 3.39. The molecule has 1 saturated carbocycles. The first kappa shape index (κ1) is 25.3. The number of hydrogen-bond donors (Lipinski definition) is 1. The third kappa shape index (κ3) is 3.72. The zero-order valence-corrected chi connectivity index (χ0v) is 21.4. The number of imidazole rings is 1. The lowest BCUT2D eigenvalue weighted by Gasteiger charge is -2.41. The molecule has 2 bridgehead atoms. The van der Waals surface area contributed by atoms with Crippen LogP contribution in [0.3, 0.4) is 0 Å². The van der Waals surface area contributed by atoms with Crippen LogP contribution in [0.2, 0.25) is 0 Å². The summed E-state index contributed by atoms with van der Waals surface area (Å²) in [5.74, 6) is -0.165. The molecule has 3 aliphatic rings. The van der Waals surface area contributed by atoms with Gasteiger partial charge in [0.15, 0.2) is 0 Å². The van der Waals surface area contributed by atoms with Gasteiger partial charge in [0.05, 0.1) is 57.9 Å². The molecule has 12 heteroatoms. The summed E-state index contributed by atoms with van der Waals surface area (Å²) in [6.07, 6.45) is 5.03. The first-order chi connectivity index (χ1) is 19.0. The maximum atomic E-state index is 13.7. The molecule has 2 aromatic heterocycles. The van der Waals surface area contributed by atoms with E-state index in [1.54, 1.807) is 6.07 Å². The van der Waals surface area contributed by atoms with Crippen molar-refractivity contribution in [3.05, 3.63) is 77.4 Å². The van der Waals surface area contributed by atoms with Crippen LogP contribution < -0.4 is 10.5 Å². The Balaban J connectivity index is 1.40. The van der Waals surface area contributed by atoms with Gasteiger partial charge in [0.25, 0.3) is 5.91 Å². The second kappa shape index (κ2) is 8.67. The van der Waals surface area contributed by atoms with Crippen molar-refractivity contribution in [3.63, 3.8) is 0 Å². The third-order valence-corrected chi connectivity index (χ3v) is 8.42. The SMILES string of the molecule is [B]C([B])([B])N1C(=O)c2cccc(OC(F)F)c2[C@H]2C[C@@H]1c1nc3ccc(-c4ccc(C5(N)CCC5)nc4)cc3n12. The molecule has 1 amide bonds. The lowest BCUT2D eigenvalue weighted by atomic mass is 9.48. The Morgan fingerprint density at radius 2 is 1.85 bits per heavy atom. The fourth-order valence-electron chi connectivity index (χ4n) is 6.41. The van der Waals surface area contributed by atoms with Crippen LogP contribution in [0.5, 0.6) is 5.75 Å². The molecule has 0 saturated heterocycles. The van der Waals surface area contributed by atoms with Gasteiger partial charge < -0.3 is 19.9 Å². The van der Waals surface area contributed by atoms with Crippen molar-refractivity contribution in [2.24, 2.45) is 5.73 Å². The van der Waals surface area contributed by atoms with E-state index in [0.29, 0.717) is 16.9 Å². The highest BCUT2D eigenvalue weighted by Gasteiger charge is 2.48. The molecule has 194 valence electrons. The molecule has 2 atom stereocenters. The molecule has 0 unspecified atom stereocenters. The van der Waals surface area contributed by atoms with E-state index in [4.69, 9.17) is 39.0 Å². The number of fused-ring (bicyclic) bond motifs is 9. The quantitative estimate of drug-likeness (QED) is 0.398. The van der Waals surface area contributed by atoms with Gasteiger partial charge in [-0.15, -0.1) is 0 Å². The van der Waals surface area contributed by atoms with Gasteiger partial charge >= 0.3 is 6.61 Å². The van der Waals surface area contributed by atoms with Crippen molar-refractivity contribution in [2.75, 3.05) is 0 Å². The van der Waals surface area contributed by atoms with E-state index in [0.717, 1.165) is 41.6 Å². The highest BCUT2D eigenvalue weighted by Crippen LogP contribution is 2.51. The van der Waals surface area contributed by atoms with Crippen molar-refractivity contribution >= 4 is 40.5 Å². The van der Waals surface area contributed by atoms with Gasteiger partial charge in [-0.25, -0.2) is 4.98 Å². The summed E-state index contributed by atoms with van der Waals surface area (Å²) in [5.41, 5.74) is 10.6. The Morgan fingerprint density at radius 1 is 1.07 bits per heavy atom. The second-order valence-corrected chi connectivity index (χ2v) is 10.9. The monoisotopic (exact) mass is 531 g/mol. The van der Waals surface area contributed by atoms with Crippen LogP contribution in [-0.4, -0.2) is 60.7 Å². The summed E-state index contributed by atoms with van der Waals surface area (Å²) in [7, 11) is 18.3. The van der Waals surface area contributed by atoms with Crippen LogP contribution in [0.25, 0.3) is 22.2 Å². The second-order valence-electron chi connectivity index (χ2n) is 10.9. The van der Waals surface area contributed by atoms with Crippen molar-refractivity contribution < 1.29 is 18.3 Å². The molecular weight excluding hydrogens is 509 g/mol. The predicted molar refractivity (Wildman–Crippen MR) is 147 cm³/mol. The zero-order valence-electron chi connectivity index (χ0n) is 21.4. The maximum Gasteiger partial charge on any atom is 0.387 e. The van der Waals surface area contributed by atoms with Crippen LogP contribution in [0.4, 0.5) is 8.78 Å². The number of amides is 1. The van der Waals surface area contributed by atoms with Gasteiger partial charge in [0.1, 0.15) is 11.6 Å². The van der Waals surface area contributed by atoms with Crippen LogP contribution in [0.15, 0.2) is 54.7 Å². The van der Waals surface area contributed by atoms with Gasteiger partial charge in [-0.05, 0) is 55.2 Å². The molecule has 40 heavy (non-hydrogen) atoms. The number of hydrogen-bond acceptors (Lipinski definition) is 5. The zero-order chi connectivity index (χ0) is 28.0. The van der Waals surface area contributed by atoms with Crippen LogP contribution >= 0.6 is 0 Å². The maximum absolute atomic E-state index is 13.7. The van der Waals surface area contributed by atoms with E-state index in [1.165, 1.54) is 17.0 Å².